The number of hydrogen-bond donors (Lipinski definition) is 1. The molecule has 8 heteroatoms. The van der Waals surface area contributed by atoms with E-state index in [9.17, 15) is 14.4 Å². The fourth-order valence-electron chi connectivity index (χ4n) is 5.72. The fraction of sp³-hybridized carbons (Fsp3) is 0.296. The maximum Gasteiger partial charge on any atom is 0.261 e. The second-order valence-electron chi connectivity index (χ2n) is 9.41. The summed E-state index contributed by atoms with van der Waals surface area (Å²) in [6, 6.07) is 18.7. The van der Waals surface area contributed by atoms with Crippen LogP contribution >= 0.6 is 11.6 Å². The number of carbonyl (C=O) groups excluding carboxylic acids is 3. The summed E-state index contributed by atoms with van der Waals surface area (Å²) < 4.78 is 0. The van der Waals surface area contributed by atoms with Gasteiger partial charge in [-0.2, -0.15) is 0 Å². The number of piperidine rings is 1. The third-order valence-corrected chi connectivity index (χ3v) is 7.91. The second kappa shape index (κ2) is 8.36. The molecule has 1 N–H and O–H groups in total. The number of likely N-dealkylation sites (tertiary alicyclic amines) is 1. The molecule has 3 aliphatic rings. The van der Waals surface area contributed by atoms with Crippen molar-refractivity contribution < 1.29 is 14.4 Å². The van der Waals surface area contributed by atoms with E-state index < -0.39 is 5.54 Å². The van der Waals surface area contributed by atoms with Gasteiger partial charge in [0.1, 0.15) is 5.54 Å². The summed E-state index contributed by atoms with van der Waals surface area (Å²) >= 11 is 6.05. The first kappa shape index (κ1) is 22.1. The minimum atomic E-state index is -0.588. The van der Waals surface area contributed by atoms with Gasteiger partial charge in [-0.05, 0) is 54.6 Å². The molecule has 3 aliphatic heterocycles. The number of hydrogen-bond acceptors (Lipinski definition) is 5. The van der Waals surface area contributed by atoms with Crippen LogP contribution in [0.2, 0.25) is 5.02 Å². The number of benzene rings is 3. The number of imide groups is 1. The molecular formula is C27H25ClN4O3. The molecule has 35 heavy (non-hydrogen) atoms. The summed E-state index contributed by atoms with van der Waals surface area (Å²) in [5.74, 6) is -0.424. The summed E-state index contributed by atoms with van der Waals surface area (Å²) in [5.41, 5.74) is 1.54. The van der Waals surface area contributed by atoms with E-state index in [0.717, 1.165) is 16.5 Å². The molecular weight excluding hydrogens is 464 g/mol. The van der Waals surface area contributed by atoms with Crippen molar-refractivity contribution in [1.82, 2.24) is 15.1 Å². The first-order chi connectivity index (χ1) is 17.0. The molecule has 0 atom stereocenters. The van der Waals surface area contributed by atoms with Crippen LogP contribution in [0.5, 0.6) is 0 Å². The number of carbonyl (C=O) groups is 3. The van der Waals surface area contributed by atoms with Crippen LogP contribution < -0.4 is 10.2 Å². The highest BCUT2D eigenvalue weighted by Gasteiger charge is 2.50. The molecule has 0 saturated carbocycles. The largest absolute Gasteiger partial charge is 0.339 e. The minimum absolute atomic E-state index is 0.0539. The van der Waals surface area contributed by atoms with E-state index in [-0.39, 0.29) is 17.7 Å². The third-order valence-electron chi connectivity index (χ3n) is 7.65. The van der Waals surface area contributed by atoms with Gasteiger partial charge in [0, 0.05) is 53.4 Å². The Bertz CT molecular complexity index is 1300. The van der Waals surface area contributed by atoms with Gasteiger partial charge in [0.25, 0.3) is 11.8 Å². The Labute approximate surface area is 208 Å². The van der Waals surface area contributed by atoms with Crippen LogP contribution in [0.3, 0.4) is 0 Å². The lowest BCUT2D eigenvalue weighted by atomic mass is 9.85. The number of nitrogens with one attached hydrogen (secondary N) is 1. The Hall–Kier alpha value is -3.42. The zero-order valence-corrected chi connectivity index (χ0v) is 19.9. The molecule has 3 amide bonds. The van der Waals surface area contributed by atoms with Crippen LogP contribution in [0.15, 0.2) is 60.7 Å². The first-order valence-corrected chi connectivity index (χ1v) is 12.3. The van der Waals surface area contributed by atoms with Crippen LogP contribution in [0.4, 0.5) is 5.69 Å². The molecule has 2 fully saturated rings. The van der Waals surface area contributed by atoms with Crippen LogP contribution in [0, 0.1) is 0 Å². The standard InChI is InChI=1S/C27H25ClN4O3/c28-19-7-9-20(10-8-19)32-17-29-26(35)27(32)11-13-30(14-12-27)15-16-31-24(33)21-5-1-3-18-4-2-6-22(23(18)21)25(31)34/h1-10H,11-17H2,(H,29,35). The summed E-state index contributed by atoms with van der Waals surface area (Å²) in [4.78, 5) is 45.0. The van der Waals surface area contributed by atoms with E-state index in [1.165, 1.54) is 4.90 Å². The zero-order valence-electron chi connectivity index (χ0n) is 19.2. The number of halogens is 1. The van der Waals surface area contributed by atoms with E-state index in [0.29, 0.717) is 61.8 Å². The topological polar surface area (TPSA) is 73.0 Å². The van der Waals surface area contributed by atoms with Crippen LogP contribution in [0.25, 0.3) is 10.8 Å². The lowest BCUT2D eigenvalue weighted by molar-refractivity contribution is -0.125. The van der Waals surface area contributed by atoms with E-state index in [1.807, 2.05) is 48.5 Å². The van der Waals surface area contributed by atoms with Crippen molar-refractivity contribution in [3.63, 3.8) is 0 Å². The zero-order chi connectivity index (χ0) is 24.2. The monoisotopic (exact) mass is 488 g/mol. The van der Waals surface area contributed by atoms with Gasteiger partial charge in [0.2, 0.25) is 5.91 Å². The smallest absolute Gasteiger partial charge is 0.261 e. The predicted octanol–water partition coefficient (Wildman–Crippen LogP) is 3.52. The van der Waals surface area contributed by atoms with E-state index >= 15 is 0 Å². The fourth-order valence-corrected chi connectivity index (χ4v) is 5.84. The average Bonchev–Trinajstić information content (AvgIpc) is 3.19. The Morgan fingerprint density at radius 1 is 0.829 bits per heavy atom. The highest BCUT2D eigenvalue weighted by atomic mass is 35.5. The summed E-state index contributed by atoms with van der Waals surface area (Å²) in [7, 11) is 0. The quantitative estimate of drug-likeness (QED) is 0.569. The Kier molecular flexibility index (Phi) is 5.27. The van der Waals surface area contributed by atoms with Gasteiger partial charge in [-0.1, -0.05) is 35.9 Å². The molecule has 3 aromatic carbocycles. The number of nitrogens with zero attached hydrogens (tertiary/aromatic N) is 3. The molecule has 0 radical (unpaired) electrons. The number of anilines is 1. The molecule has 3 aromatic rings. The van der Waals surface area contributed by atoms with Crippen molar-refractivity contribution >= 4 is 45.8 Å². The van der Waals surface area contributed by atoms with Gasteiger partial charge in [-0.3, -0.25) is 19.3 Å². The molecule has 2 saturated heterocycles. The van der Waals surface area contributed by atoms with Crippen molar-refractivity contribution in [3.05, 3.63) is 76.8 Å². The second-order valence-corrected chi connectivity index (χ2v) is 9.85. The van der Waals surface area contributed by atoms with E-state index in [2.05, 4.69) is 15.1 Å². The van der Waals surface area contributed by atoms with Gasteiger partial charge in [-0.15, -0.1) is 0 Å². The van der Waals surface area contributed by atoms with Crippen molar-refractivity contribution in [2.45, 2.75) is 18.4 Å². The maximum atomic E-state index is 13.2. The van der Waals surface area contributed by atoms with Gasteiger partial charge in [-0.25, -0.2) is 0 Å². The van der Waals surface area contributed by atoms with Crippen molar-refractivity contribution in [2.24, 2.45) is 0 Å². The molecule has 0 bridgehead atoms. The summed E-state index contributed by atoms with van der Waals surface area (Å²) in [6.45, 7) is 2.79. The summed E-state index contributed by atoms with van der Waals surface area (Å²) in [6.07, 6.45) is 1.34. The Morgan fingerprint density at radius 3 is 2.09 bits per heavy atom. The van der Waals surface area contributed by atoms with Crippen LogP contribution in [0.1, 0.15) is 33.6 Å². The number of amides is 3. The molecule has 0 aromatic heterocycles. The van der Waals surface area contributed by atoms with Gasteiger partial charge < -0.3 is 15.1 Å². The van der Waals surface area contributed by atoms with Gasteiger partial charge in [0.05, 0.1) is 6.67 Å². The molecule has 1 spiro atoms. The highest BCUT2D eigenvalue weighted by Crippen LogP contribution is 2.37. The maximum absolute atomic E-state index is 13.2. The normalized spacial score (nSPS) is 19.6. The van der Waals surface area contributed by atoms with Crippen molar-refractivity contribution in [3.8, 4) is 0 Å². The SMILES string of the molecule is O=C1c2cccc3cccc(c23)C(=O)N1CCN1CCC2(CC1)C(=O)NCN2c1ccc(Cl)cc1. The molecule has 0 unspecified atom stereocenters. The average molecular weight is 489 g/mol. The lowest BCUT2D eigenvalue weighted by Gasteiger charge is -2.43. The predicted molar refractivity (Wildman–Crippen MR) is 135 cm³/mol. The molecule has 0 aliphatic carbocycles. The molecule has 6 rings (SSSR count). The van der Waals surface area contributed by atoms with Gasteiger partial charge >= 0.3 is 0 Å². The van der Waals surface area contributed by atoms with Crippen molar-refractivity contribution in [1.29, 1.82) is 0 Å². The highest BCUT2D eigenvalue weighted by molar-refractivity contribution is 6.30. The van der Waals surface area contributed by atoms with E-state index in [4.69, 9.17) is 11.6 Å². The third kappa shape index (κ3) is 3.49. The first-order valence-electron chi connectivity index (χ1n) is 11.9. The van der Waals surface area contributed by atoms with Crippen molar-refractivity contribution in [2.75, 3.05) is 37.7 Å². The Balaban J connectivity index is 1.15. The minimum Gasteiger partial charge on any atom is -0.339 e. The van der Waals surface area contributed by atoms with Gasteiger partial charge in [0.15, 0.2) is 0 Å². The van der Waals surface area contributed by atoms with Crippen LogP contribution in [-0.4, -0.2) is 65.9 Å². The number of rotatable bonds is 4. The molecule has 7 nitrogen and oxygen atoms in total. The Morgan fingerprint density at radius 2 is 1.46 bits per heavy atom. The van der Waals surface area contributed by atoms with Crippen LogP contribution in [-0.2, 0) is 4.79 Å². The van der Waals surface area contributed by atoms with E-state index in [1.54, 1.807) is 12.1 Å². The molecule has 3 heterocycles. The summed E-state index contributed by atoms with van der Waals surface area (Å²) in [5, 5.41) is 5.33. The lowest BCUT2D eigenvalue weighted by Crippen LogP contribution is -2.57. The molecule has 178 valence electrons.